The Morgan fingerprint density at radius 3 is 2.63 bits per heavy atom. The maximum atomic E-state index is 12.4. The van der Waals surface area contributed by atoms with Crippen LogP contribution in [0.2, 0.25) is 0 Å². The summed E-state index contributed by atoms with van der Waals surface area (Å²) in [6.07, 6.45) is 3.15. The fraction of sp³-hybridized carbons (Fsp3) is 0.929. The van der Waals surface area contributed by atoms with Crippen LogP contribution in [0.15, 0.2) is 0 Å². The molecule has 1 rings (SSSR count). The van der Waals surface area contributed by atoms with E-state index in [1.54, 1.807) is 14.0 Å². The van der Waals surface area contributed by atoms with Gasteiger partial charge in [-0.1, -0.05) is 13.3 Å². The summed E-state index contributed by atoms with van der Waals surface area (Å²) in [5.41, 5.74) is -1.27. The number of ether oxygens (including phenoxy) is 1. The minimum Gasteiger partial charge on any atom is -0.388 e. The molecule has 0 aromatic carbocycles. The van der Waals surface area contributed by atoms with Gasteiger partial charge in [-0.3, -0.25) is 4.79 Å². The van der Waals surface area contributed by atoms with Gasteiger partial charge in [0.1, 0.15) is 0 Å². The molecule has 1 heterocycles. The zero-order chi connectivity index (χ0) is 14.4. The minimum atomic E-state index is -0.828. The van der Waals surface area contributed by atoms with Crippen molar-refractivity contribution in [1.82, 2.24) is 10.6 Å². The highest BCUT2D eigenvalue weighted by Gasteiger charge is 2.40. The van der Waals surface area contributed by atoms with Crippen LogP contribution >= 0.6 is 0 Å². The average molecular weight is 272 g/mol. The van der Waals surface area contributed by atoms with Gasteiger partial charge in [0.25, 0.3) is 0 Å². The van der Waals surface area contributed by atoms with E-state index in [0.717, 1.165) is 32.4 Å². The fourth-order valence-electron chi connectivity index (χ4n) is 2.70. The van der Waals surface area contributed by atoms with Crippen LogP contribution in [-0.2, 0) is 9.53 Å². The lowest BCUT2D eigenvalue weighted by atomic mass is 9.78. The Morgan fingerprint density at radius 2 is 2.11 bits per heavy atom. The van der Waals surface area contributed by atoms with Crippen molar-refractivity contribution < 1.29 is 14.6 Å². The number of methoxy groups -OCH3 is 1. The van der Waals surface area contributed by atoms with Gasteiger partial charge in [-0.25, -0.2) is 0 Å². The standard InChI is InChI=1S/C14H28N2O3/c1-4-5-13(2,18)10-16-12(17)14(11-19-3)6-8-15-9-7-14/h15,18H,4-11H2,1-3H3,(H,16,17). The van der Waals surface area contributed by atoms with Gasteiger partial charge >= 0.3 is 0 Å². The van der Waals surface area contributed by atoms with Gasteiger partial charge in [0.15, 0.2) is 0 Å². The zero-order valence-electron chi connectivity index (χ0n) is 12.4. The first kappa shape index (κ1) is 16.4. The van der Waals surface area contributed by atoms with Gasteiger partial charge < -0.3 is 20.5 Å². The molecule has 0 aromatic heterocycles. The maximum Gasteiger partial charge on any atom is 0.228 e. The normalized spacial score (nSPS) is 21.7. The van der Waals surface area contributed by atoms with E-state index in [-0.39, 0.29) is 5.91 Å². The van der Waals surface area contributed by atoms with E-state index < -0.39 is 11.0 Å². The Kier molecular flexibility index (Phi) is 6.23. The number of piperidine rings is 1. The van der Waals surface area contributed by atoms with Crippen LogP contribution in [-0.4, -0.2) is 50.0 Å². The second-order valence-corrected chi connectivity index (χ2v) is 5.89. The Balaban J connectivity index is 2.57. The molecule has 1 fully saturated rings. The zero-order valence-corrected chi connectivity index (χ0v) is 12.4. The molecule has 0 aromatic rings. The molecule has 1 saturated heterocycles. The van der Waals surface area contributed by atoms with Crippen molar-refractivity contribution >= 4 is 5.91 Å². The van der Waals surface area contributed by atoms with Crippen LogP contribution in [0.1, 0.15) is 39.5 Å². The molecule has 0 saturated carbocycles. The van der Waals surface area contributed by atoms with E-state index >= 15 is 0 Å². The number of amides is 1. The van der Waals surface area contributed by atoms with Crippen LogP contribution in [0.4, 0.5) is 0 Å². The average Bonchev–Trinajstić information content (AvgIpc) is 2.37. The third-order valence-corrected chi connectivity index (χ3v) is 3.88. The number of hydrogen-bond donors (Lipinski definition) is 3. The molecule has 5 nitrogen and oxygen atoms in total. The van der Waals surface area contributed by atoms with E-state index in [1.807, 2.05) is 6.92 Å². The Hall–Kier alpha value is -0.650. The molecule has 0 aliphatic carbocycles. The summed E-state index contributed by atoms with van der Waals surface area (Å²) in [6.45, 7) is 6.21. The first-order valence-corrected chi connectivity index (χ1v) is 7.16. The predicted molar refractivity (Wildman–Crippen MR) is 75.0 cm³/mol. The van der Waals surface area contributed by atoms with Crippen molar-refractivity contribution in [3.8, 4) is 0 Å². The molecule has 1 aliphatic rings. The van der Waals surface area contributed by atoms with Crippen LogP contribution in [0, 0.1) is 5.41 Å². The van der Waals surface area contributed by atoms with Crippen molar-refractivity contribution in [2.24, 2.45) is 5.41 Å². The van der Waals surface area contributed by atoms with Gasteiger partial charge in [-0.2, -0.15) is 0 Å². The summed E-state index contributed by atoms with van der Waals surface area (Å²) in [6, 6.07) is 0. The number of rotatable bonds is 7. The van der Waals surface area contributed by atoms with Crippen molar-refractivity contribution in [3.63, 3.8) is 0 Å². The molecule has 19 heavy (non-hydrogen) atoms. The molecule has 0 bridgehead atoms. The second kappa shape index (κ2) is 7.22. The van der Waals surface area contributed by atoms with E-state index in [9.17, 15) is 9.90 Å². The molecule has 0 spiro atoms. The highest BCUT2D eigenvalue weighted by molar-refractivity contribution is 5.83. The molecular formula is C14H28N2O3. The summed E-state index contributed by atoms with van der Waals surface area (Å²) < 4.78 is 5.23. The maximum absolute atomic E-state index is 12.4. The quantitative estimate of drug-likeness (QED) is 0.637. The van der Waals surface area contributed by atoms with Gasteiger partial charge in [0, 0.05) is 13.7 Å². The lowest BCUT2D eigenvalue weighted by Gasteiger charge is -2.36. The van der Waals surface area contributed by atoms with Gasteiger partial charge in [0.05, 0.1) is 17.6 Å². The van der Waals surface area contributed by atoms with Crippen LogP contribution in [0.25, 0.3) is 0 Å². The number of nitrogens with one attached hydrogen (secondary N) is 2. The SMILES string of the molecule is CCCC(C)(O)CNC(=O)C1(COC)CCNCC1. The van der Waals surface area contributed by atoms with Gasteiger partial charge in [-0.15, -0.1) is 0 Å². The Labute approximate surface area is 116 Å². The number of hydrogen-bond acceptors (Lipinski definition) is 4. The van der Waals surface area contributed by atoms with Crippen molar-refractivity contribution in [3.05, 3.63) is 0 Å². The van der Waals surface area contributed by atoms with Crippen molar-refractivity contribution in [2.75, 3.05) is 33.4 Å². The topological polar surface area (TPSA) is 70.6 Å². The smallest absolute Gasteiger partial charge is 0.228 e. The molecule has 3 N–H and O–H groups in total. The molecular weight excluding hydrogens is 244 g/mol. The number of aliphatic hydroxyl groups is 1. The monoisotopic (exact) mass is 272 g/mol. The highest BCUT2D eigenvalue weighted by atomic mass is 16.5. The largest absolute Gasteiger partial charge is 0.388 e. The molecule has 1 atom stereocenters. The van der Waals surface area contributed by atoms with Crippen molar-refractivity contribution in [1.29, 1.82) is 0 Å². The van der Waals surface area contributed by atoms with Gasteiger partial charge in [0.2, 0.25) is 5.91 Å². The van der Waals surface area contributed by atoms with Crippen LogP contribution < -0.4 is 10.6 Å². The lowest BCUT2D eigenvalue weighted by Crippen LogP contribution is -2.52. The highest BCUT2D eigenvalue weighted by Crippen LogP contribution is 2.29. The fourth-order valence-corrected chi connectivity index (χ4v) is 2.70. The first-order valence-electron chi connectivity index (χ1n) is 7.16. The van der Waals surface area contributed by atoms with E-state index in [0.29, 0.717) is 19.6 Å². The van der Waals surface area contributed by atoms with E-state index in [1.165, 1.54) is 0 Å². The van der Waals surface area contributed by atoms with Gasteiger partial charge in [-0.05, 0) is 39.3 Å². The number of carbonyl (C=O) groups excluding carboxylic acids is 1. The van der Waals surface area contributed by atoms with E-state index in [4.69, 9.17) is 4.74 Å². The summed E-state index contributed by atoms with van der Waals surface area (Å²) in [5, 5.41) is 16.3. The Morgan fingerprint density at radius 1 is 1.47 bits per heavy atom. The molecule has 5 heteroatoms. The molecule has 1 aliphatic heterocycles. The molecule has 0 radical (unpaired) electrons. The lowest BCUT2D eigenvalue weighted by molar-refractivity contribution is -0.137. The number of carbonyl (C=O) groups is 1. The second-order valence-electron chi connectivity index (χ2n) is 5.89. The third kappa shape index (κ3) is 4.75. The van der Waals surface area contributed by atoms with Crippen LogP contribution in [0.5, 0.6) is 0 Å². The summed E-state index contributed by atoms with van der Waals surface area (Å²) >= 11 is 0. The predicted octanol–water partition coefficient (Wildman–Crippen LogP) is 0.670. The molecule has 1 amide bonds. The third-order valence-electron chi connectivity index (χ3n) is 3.88. The Bertz CT molecular complexity index is 281. The molecule has 112 valence electrons. The van der Waals surface area contributed by atoms with Crippen LogP contribution in [0.3, 0.4) is 0 Å². The molecule has 1 unspecified atom stereocenters. The summed E-state index contributed by atoms with van der Waals surface area (Å²) in [4.78, 5) is 12.4. The summed E-state index contributed by atoms with van der Waals surface area (Å²) in [7, 11) is 1.63. The van der Waals surface area contributed by atoms with Crippen molar-refractivity contribution in [2.45, 2.75) is 45.1 Å². The van der Waals surface area contributed by atoms with E-state index in [2.05, 4.69) is 10.6 Å². The first-order chi connectivity index (χ1) is 8.96. The minimum absolute atomic E-state index is 0.00669. The summed E-state index contributed by atoms with van der Waals surface area (Å²) in [5.74, 6) is 0.00669.